The van der Waals surface area contributed by atoms with Crippen LogP contribution in [0.2, 0.25) is 0 Å². The summed E-state index contributed by atoms with van der Waals surface area (Å²) in [5.74, 6) is 0.422. The van der Waals surface area contributed by atoms with E-state index >= 15 is 0 Å². The van der Waals surface area contributed by atoms with E-state index in [1.807, 2.05) is 24.3 Å². The van der Waals surface area contributed by atoms with Crippen LogP contribution in [0, 0.1) is 0 Å². The number of halogens is 1. The Balaban J connectivity index is 0.000000159. The Morgan fingerprint density at radius 2 is 1.00 bits per heavy atom. The summed E-state index contributed by atoms with van der Waals surface area (Å²) >= 11 is 3.44. The number of Topliss-reactive ketones (excluding diaryl/α,β-unsaturated/α-hetero) is 2. The van der Waals surface area contributed by atoms with Gasteiger partial charge in [0.15, 0.2) is 11.6 Å². The van der Waals surface area contributed by atoms with Crippen molar-refractivity contribution in [2.24, 2.45) is 0 Å². The Labute approximate surface area is 422 Å². The van der Waals surface area contributed by atoms with Crippen LogP contribution < -0.4 is 25.9 Å². The minimum absolute atomic E-state index is 0.0422. The molecule has 18 nitrogen and oxygen atoms in total. The number of hydrogen-bond acceptors (Lipinski definition) is 12. The van der Waals surface area contributed by atoms with E-state index in [0.717, 1.165) is 52.3 Å². The fourth-order valence-electron chi connectivity index (χ4n) is 7.65. The van der Waals surface area contributed by atoms with Crippen molar-refractivity contribution in [1.82, 2.24) is 39.8 Å². The molecule has 10 rings (SSSR count). The molecule has 4 amide bonds. The number of hydrogen-bond donors (Lipinski definition) is 4. The molecule has 364 valence electrons. The quantitative estimate of drug-likeness (QED) is 0.0816. The Kier molecular flexibility index (Phi) is 15.2. The third-order valence-corrected chi connectivity index (χ3v) is 12.5. The second-order valence-corrected chi connectivity index (χ2v) is 17.9. The number of anilines is 2. The molecule has 0 atom stereocenters. The third kappa shape index (κ3) is 11.4. The second-order valence-electron chi connectivity index (χ2n) is 17.0. The zero-order chi connectivity index (χ0) is 51.2. The topological polar surface area (TPSA) is 234 Å². The van der Waals surface area contributed by atoms with E-state index < -0.39 is 7.12 Å². The van der Waals surface area contributed by atoms with E-state index in [4.69, 9.17) is 10.0 Å². The van der Waals surface area contributed by atoms with Crippen molar-refractivity contribution in [3.05, 3.63) is 172 Å². The molecule has 20 heteroatoms. The smallest absolute Gasteiger partial charge is 0.423 e. The van der Waals surface area contributed by atoms with Gasteiger partial charge < -0.3 is 20.7 Å². The molecule has 8 aromatic rings. The van der Waals surface area contributed by atoms with Crippen LogP contribution in [0.1, 0.15) is 102 Å². The van der Waals surface area contributed by atoms with Crippen molar-refractivity contribution in [3.63, 3.8) is 0 Å². The molecule has 2 saturated carbocycles. The third-order valence-electron chi connectivity index (χ3n) is 11.9. The fourth-order valence-corrected chi connectivity index (χ4v) is 8.04. The lowest BCUT2D eigenvalue weighted by Crippen LogP contribution is -2.33. The maximum Gasteiger partial charge on any atom is 0.488 e. The predicted octanol–water partition coefficient (Wildman–Crippen LogP) is 6.00. The van der Waals surface area contributed by atoms with Gasteiger partial charge in [-0.15, -0.1) is 0 Å². The number of carbonyl (C=O) groups is 6. The summed E-state index contributed by atoms with van der Waals surface area (Å²) in [6, 6.07) is 27.6. The number of fused-ring (bicyclic) bond motifs is 2. The first-order chi connectivity index (χ1) is 34.6. The van der Waals surface area contributed by atoms with E-state index in [1.54, 1.807) is 99.2 Å². The summed E-state index contributed by atoms with van der Waals surface area (Å²) in [5.41, 5.74) is 6.97. The molecule has 0 spiro atoms. The van der Waals surface area contributed by atoms with E-state index in [9.17, 15) is 28.8 Å². The summed E-state index contributed by atoms with van der Waals surface area (Å²) in [5, 5.41) is 31.2. The lowest BCUT2D eigenvalue weighted by atomic mass is 9.80. The summed E-state index contributed by atoms with van der Waals surface area (Å²) in [6.07, 6.45) is 13.8. The summed E-state index contributed by atoms with van der Waals surface area (Å²) in [4.78, 5) is 84.7. The first-order valence-electron chi connectivity index (χ1n) is 22.9. The van der Waals surface area contributed by atoms with E-state index in [0.29, 0.717) is 50.5 Å². The Hall–Kier alpha value is -8.20. The van der Waals surface area contributed by atoms with Crippen LogP contribution in [0.4, 0.5) is 11.6 Å². The number of pyridine rings is 4. The van der Waals surface area contributed by atoms with Gasteiger partial charge in [0.2, 0.25) is 0 Å². The van der Waals surface area contributed by atoms with Crippen molar-refractivity contribution in [3.8, 4) is 11.1 Å². The highest BCUT2D eigenvalue weighted by Crippen LogP contribution is 2.34. The lowest BCUT2D eigenvalue weighted by Gasteiger charge is -2.21. The van der Waals surface area contributed by atoms with E-state index in [1.165, 1.54) is 57.6 Å². The van der Waals surface area contributed by atoms with Gasteiger partial charge in [0.1, 0.15) is 11.6 Å². The number of aromatic nitrogens is 6. The molecule has 2 fully saturated rings. The summed E-state index contributed by atoms with van der Waals surface area (Å²) in [6.45, 7) is 2.99. The van der Waals surface area contributed by atoms with E-state index in [2.05, 4.69) is 46.7 Å². The maximum absolute atomic E-state index is 13.6. The molecular formula is C52H48BBrN10O8. The highest BCUT2D eigenvalue weighted by molar-refractivity contribution is 9.10. The minimum Gasteiger partial charge on any atom is -0.423 e. The van der Waals surface area contributed by atoms with Crippen molar-refractivity contribution < 1.29 is 38.8 Å². The van der Waals surface area contributed by atoms with Crippen molar-refractivity contribution >= 4 is 86.4 Å². The molecule has 2 aliphatic carbocycles. The Morgan fingerprint density at radius 1 is 0.569 bits per heavy atom. The van der Waals surface area contributed by atoms with Gasteiger partial charge in [0.25, 0.3) is 23.6 Å². The van der Waals surface area contributed by atoms with Crippen molar-refractivity contribution in [1.29, 1.82) is 0 Å². The highest BCUT2D eigenvalue weighted by atomic mass is 79.9. The fraction of sp³-hybridized carbons (Fsp3) is 0.192. The van der Waals surface area contributed by atoms with Gasteiger partial charge in [-0.05, 0) is 139 Å². The van der Waals surface area contributed by atoms with Gasteiger partial charge in [-0.2, -0.15) is 10.2 Å². The molecule has 0 aliphatic heterocycles. The zero-order valence-corrected chi connectivity index (χ0v) is 41.1. The molecule has 0 bridgehead atoms. The molecule has 6 aromatic heterocycles. The van der Waals surface area contributed by atoms with Gasteiger partial charge in [-0.25, -0.2) is 19.0 Å². The molecule has 0 radical (unpaired) electrons. The van der Waals surface area contributed by atoms with E-state index in [-0.39, 0.29) is 47.3 Å². The molecular weight excluding hydrogens is 983 g/mol. The summed E-state index contributed by atoms with van der Waals surface area (Å²) in [7, 11) is 1.65. The summed E-state index contributed by atoms with van der Waals surface area (Å²) < 4.78 is 4.27. The number of nitrogens with zero attached hydrogens (tertiary/aromatic N) is 8. The Morgan fingerprint density at radius 3 is 1.42 bits per heavy atom. The van der Waals surface area contributed by atoms with Crippen LogP contribution in [0.25, 0.3) is 22.2 Å². The van der Waals surface area contributed by atoms with Crippen LogP contribution >= 0.6 is 15.9 Å². The average Bonchev–Trinajstić information content (AvgIpc) is 4.35. The predicted molar refractivity (Wildman–Crippen MR) is 275 cm³/mol. The van der Waals surface area contributed by atoms with Crippen molar-refractivity contribution in [2.75, 3.05) is 23.9 Å². The van der Waals surface area contributed by atoms with Crippen LogP contribution in [-0.4, -0.2) is 108 Å². The normalized spacial score (nSPS) is 12.7. The molecule has 0 saturated heterocycles. The Bertz CT molecular complexity index is 3320. The SMILES string of the molecule is CC(=O)c1ccc(N(C(=O)c2ccn3ncc(Br)c3c2)C2CC2)nc1.CNC(=O)c1ccc(-c2cnn3ccc(C(=O)N(c4ccc(C(C)=O)cn4)C4CC4)cc23)cc1.CNC(=O)c1ccc(B(O)O)cc1. The zero-order valence-electron chi connectivity index (χ0n) is 39.6. The van der Waals surface area contributed by atoms with Crippen molar-refractivity contribution in [2.45, 2.75) is 51.6 Å². The number of benzene rings is 2. The van der Waals surface area contributed by atoms with Gasteiger partial charge >= 0.3 is 7.12 Å². The average molecular weight is 1030 g/mol. The highest BCUT2D eigenvalue weighted by Gasteiger charge is 2.36. The van der Waals surface area contributed by atoms with Crippen LogP contribution in [-0.2, 0) is 0 Å². The number of amides is 4. The van der Waals surface area contributed by atoms with Gasteiger partial charge in [-0.1, -0.05) is 24.3 Å². The van der Waals surface area contributed by atoms with Gasteiger partial charge in [-0.3, -0.25) is 38.6 Å². The number of nitrogens with one attached hydrogen (secondary N) is 2. The number of carbonyl (C=O) groups excluding carboxylic acids is 6. The number of rotatable bonds is 12. The largest absolute Gasteiger partial charge is 0.488 e. The molecule has 6 heterocycles. The van der Waals surface area contributed by atoms with Crippen LogP contribution in [0.15, 0.2) is 139 Å². The lowest BCUT2D eigenvalue weighted by molar-refractivity contribution is 0.0955. The molecule has 2 aromatic carbocycles. The second kappa shape index (κ2) is 21.8. The van der Waals surface area contributed by atoms with Crippen LogP contribution in [0.3, 0.4) is 0 Å². The standard InChI is InChI=1S/C26H23N5O3.C18H15BrN4O2.C8H10BNO3/c1-16(32)20-7-10-24(28-14-20)31(21-8-9-21)26(34)19-11-12-30-23(13-19)22(15-29-30)17-3-5-18(6-4-17)25(33)27-2;1-11(24)13-2-5-17(20-9-13)23(14-3-4-14)18(25)12-6-7-22-16(8-12)15(19)10-21-22;1-10-8(11)6-2-4-7(5-3-6)9(12)13/h3-7,10-15,21H,8-9H2,1-2H3,(H,27,33);2,5-10,14H,3-4H2,1H3;2-5,12-13H,1H3,(H,10,11). The molecule has 2 aliphatic rings. The molecule has 0 unspecified atom stereocenters. The number of ketones is 2. The molecule has 72 heavy (non-hydrogen) atoms. The van der Waals surface area contributed by atoms with Gasteiger partial charge in [0.05, 0.1) is 27.9 Å². The van der Waals surface area contributed by atoms with Gasteiger partial charge in [0, 0.05) is 89.9 Å². The van der Waals surface area contributed by atoms with Crippen LogP contribution in [0.5, 0.6) is 0 Å². The molecule has 4 N–H and O–H groups in total. The monoisotopic (exact) mass is 1030 g/mol. The first-order valence-corrected chi connectivity index (χ1v) is 23.7. The first kappa shape index (κ1) is 50.2. The maximum atomic E-state index is 13.6. The minimum atomic E-state index is -1.49.